The van der Waals surface area contributed by atoms with E-state index in [1.54, 1.807) is 0 Å². The maximum absolute atomic E-state index is 12.2. The minimum absolute atomic E-state index is 0.309. The molecule has 0 saturated heterocycles. The zero-order valence-corrected chi connectivity index (χ0v) is 12.4. The largest absolute Gasteiger partial charge is 0.467 e. The summed E-state index contributed by atoms with van der Waals surface area (Å²) in [6.07, 6.45) is 0.347. The van der Waals surface area contributed by atoms with Crippen LogP contribution >= 0.6 is 0 Å². The van der Waals surface area contributed by atoms with Gasteiger partial charge in [-0.2, -0.15) is 0 Å². The van der Waals surface area contributed by atoms with Gasteiger partial charge in [0.2, 0.25) is 11.8 Å². The summed E-state index contributed by atoms with van der Waals surface area (Å²) in [6.45, 7) is 2.87. The van der Waals surface area contributed by atoms with Crippen molar-refractivity contribution in [2.75, 3.05) is 7.11 Å². The molecule has 0 aliphatic carbocycles. The normalized spacial score (nSPS) is 12.9. The zero-order valence-electron chi connectivity index (χ0n) is 12.4. The average Bonchev–Trinajstić information content (AvgIpc) is 2.46. The molecule has 1 rings (SSSR count). The fourth-order valence-electron chi connectivity index (χ4n) is 1.85. The van der Waals surface area contributed by atoms with Crippen molar-refractivity contribution in [3.63, 3.8) is 0 Å². The summed E-state index contributed by atoms with van der Waals surface area (Å²) < 4.78 is 4.55. The standard InChI is InChI=1S/C15H20N2O4/c1-10(15(20)21-3)16-14(19)13(17-11(2)18)9-12-7-5-4-6-8-12/h4-8,10,13H,9H2,1-3H3,(H,16,19)(H,17,18)/t10-,13-/m0/s1. The minimum Gasteiger partial charge on any atom is -0.467 e. The number of amides is 2. The van der Waals surface area contributed by atoms with Gasteiger partial charge in [0.05, 0.1) is 7.11 Å². The molecular weight excluding hydrogens is 272 g/mol. The predicted molar refractivity (Wildman–Crippen MR) is 77.4 cm³/mol. The molecule has 0 unspecified atom stereocenters. The third kappa shape index (κ3) is 5.64. The topological polar surface area (TPSA) is 84.5 Å². The highest BCUT2D eigenvalue weighted by atomic mass is 16.5. The maximum atomic E-state index is 12.2. The van der Waals surface area contributed by atoms with Crippen LogP contribution in [0.15, 0.2) is 30.3 Å². The fraction of sp³-hybridized carbons (Fsp3) is 0.400. The van der Waals surface area contributed by atoms with Crippen molar-refractivity contribution in [3.05, 3.63) is 35.9 Å². The van der Waals surface area contributed by atoms with E-state index in [0.717, 1.165) is 5.56 Å². The smallest absolute Gasteiger partial charge is 0.328 e. The van der Waals surface area contributed by atoms with Crippen LogP contribution < -0.4 is 10.6 Å². The number of benzene rings is 1. The van der Waals surface area contributed by atoms with Crippen LogP contribution in [0.25, 0.3) is 0 Å². The number of hydrogen-bond acceptors (Lipinski definition) is 4. The van der Waals surface area contributed by atoms with Crippen molar-refractivity contribution in [1.82, 2.24) is 10.6 Å². The van der Waals surface area contributed by atoms with E-state index in [9.17, 15) is 14.4 Å². The minimum atomic E-state index is -0.769. The molecule has 2 atom stereocenters. The summed E-state index contributed by atoms with van der Waals surface area (Å²) in [7, 11) is 1.25. The molecule has 0 saturated carbocycles. The molecule has 2 amide bonds. The summed E-state index contributed by atoms with van der Waals surface area (Å²) >= 11 is 0. The molecule has 0 aliphatic heterocycles. The molecule has 21 heavy (non-hydrogen) atoms. The van der Waals surface area contributed by atoms with Crippen molar-refractivity contribution in [1.29, 1.82) is 0 Å². The monoisotopic (exact) mass is 292 g/mol. The van der Waals surface area contributed by atoms with E-state index in [0.29, 0.717) is 6.42 Å². The molecule has 6 nitrogen and oxygen atoms in total. The van der Waals surface area contributed by atoms with Gasteiger partial charge in [-0.05, 0) is 12.5 Å². The van der Waals surface area contributed by atoms with Crippen molar-refractivity contribution >= 4 is 17.8 Å². The summed E-state index contributed by atoms with van der Waals surface area (Å²) in [4.78, 5) is 34.7. The summed E-state index contributed by atoms with van der Waals surface area (Å²) in [5.74, 6) is -1.27. The number of nitrogens with one attached hydrogen (secondary N) is 2. The Morgan fingerprint density at radius 1 is 1.14 bits per heavy atom. The van der Waals surface area contributed by atoms with E-state index < -0.39 is 24.0 Å². The van der Waals surface area contributed by atoms with Gasteiger partial charge in [0.25, 0.3) is 0 Å². The zero-order chi connectivity index (χ0) is 15.8. The van der Waals surface area contributed by atoms with Crippen LogP contribution in [0.3, 0.4) is 0 Å². The van der Waals surface area contributed by atoms with E-state index in [1.165, 1.54) is 21.0 Å². The molecular formula is C15H20N2O4. The highest BCUT2D eigenvalue weighted by Gasteiger charge is 2.24. The number of ether oxygens (including phenoxy) is 1. The van der Waals surface area contributed by atoms with Gasteiger partial charge in [-0.3, -0.25) is 9.59 Å². The number of esters is 1. The van der Waals surface area contributed by atoms with Gasteiger partial charge in [0, 0.05) is 13.3 Å². The second kappa shape index (κ2) is 8.04. The van der Waals surface area contributed by atoms with Crippen molar-refractivity contribution < 1.29 is 19.1 Å². The van der Waals surface area contributed by atoms with Crippen LogP contribution in [0, 0.1) is 0 Å². The lowest BCUT2D eigenvalue weighted by Crippen LogP contribution is -2.51. The van der Waals surface area contributed by atoms with E-state index in [2.05, 4.69) is 15.4 Å². The highest BCUT2D eigenvalue weighted by Crippen LogP contribution is 2.04. The fourth-order valence-corrected chi connectivity index (χ4v) is 1.85. The summed E-state index contributed by atoms with van der Waals surface area (Å²) in [5.41, 5.74) is 0.914. The SMILES string of the molecule is COC(=O)[C@H](C)NC(=O)[C@H](Cc1ccccc1)NC(C)=O. The second-order valence-corrected chi connectivity index (χ2v) is 4.70. The first kappa shape index (κ1) is 16.7. The number of methoxy groups -OCH3 is 1. The van der Waals surface area contributed by atoms with Gasteiger partial charge in [-0.15, -0.1) is 0 Å². The van der Waals surface area contributed by atoms with E-state index in [-0.39, 0.29) is 5.91 Å². The third-order valence-corrected chi connectivity index (χ3v) is 2.89. The maximum Gasteiger partial charge on any atom is 0.328 e. The Kier molecular flexibility index (Phi) is 6.39. The van der Waals surface area contributed by atoms with Crippen LogP contribution in [0.5, 0.6) is 0 Å². The Labute approximate surface area is 123 Å². The van der Waals surface area contributed by atoms with Crippen LogP contribution in [-0.4, -0.2) is 37.0 Å². The van der Waals surface area contributed by atoms with Gasteiger partial charge in [-0.1, -0.05) is 30.3 Å². The van der Waals surface area contributed by atoms with Gasteiger partial charge in [0.1, 0.15) is 12.1 Å². The first-order chi connectivity index (χ1) is 9.93. The molecule has 0 aliphatic rings. The molecule has 0 radical (unpaired) electrons. The Bertz CT molecular complexity index is 502. The van der Waals surface area contributed by atoms with Gasteiger partial charge in [-0.25, -0.2) is 4.79 Å². The number of carbonyl (C=O) groups excluding carboxylic acids is 3. The molecule has 2 N–H and O–H groups in total. The van der Waals surface area contributed by atoms with Gasteiger partial charge in [0.15, 0.2) is 0 Å². The van der Waals surface area contributed by atoms with Crippen LogP contribution in [-0.2, 0) is 25.5 Å². The molecule has 0 aromatic heterocycles. The number of rotatable bonds is 6. The van der Waals surface area contributed by atoms with Gasteiger partial charge >= 0.3 is 5.97 Å². The quantitative estimate of drug-likeness (QED) is 0.744. The average molecular weight is 292 g/mol. The number of hydrogen-bond donors (Lipinski definition) is 2. The number of carbonyl (C=O) groups is 3. The Hall–Kier alpha value is -2.37. The summed E-state index contributed by atoms with van der Waals surface area (Å²) in [6, 6.07) is 7.81. The first-order valence-corrected chi connectivity index (χ1v) is 6.63. The molecule has 114 valence electrons. The molecule has 0 heterocycles. The molecule has 1 aromatic rings. The molecule has 1 aromatic carbocycles. The van der Waals surface area contributed by atoms with Crippen LogP contribution in [0.2, 0.25) is 0 Å². The lowest BCUT2D eigenvalue weighted by molar-refractivity contribution is -0.144. The third-order valence-electron chi connectivity index (χ3n) is 2.89. The molecule has 0 fully saturated rings. The van der Waals surface area contributed by atoms with Crippen molar-refractivity contribution in [2.45, 2.75) is 32.4 Å². The van der Waals surface area contributed by atoms with Crippen molar-refractivity contribution in [3.8, 4) is 0 Å². The lowest BCUT2D eigenvalue weighted by atomic mass is 10.0. The van der Waals surface area contributed by atoms with E-state index in [1.807, 2.05) is 30.3 Å². The molecule has 0 bridgehead atoms. The first-order valence-electron chi connectivity index (χ1n) is 6.63. The molecule has 0 spiro atoms. The van der Waals surface area contributed by atoms with E-state index >= 15 is 0 Å². The predicted octanol–water partition coefficient (Wildman–Crippen LogP) is 0.411. The van der Waals surface area contributed by atoms with Gasteiger partial charge < -0.3 is 15.4 Å². The van der Waals surface area contributed by atoms with E-state index in [4.69, 9.17) is 0 Å². The van der Waals surface area contributed by atoms with Crippen LogP contribution in [0.1, 0.15) is 19.4 Å². The highest BCUT2D eigenvalue weighted by molar-refractivity contribution is 5.90. The Morgan fingerprint density at radius 3 is 2.29 bits per heavy atom. The Balaban J connectivity index is 2.75. The van der Waals surface area contributed by atoms with Crippen molar-refractivity contribution in [2.24, 2.45) is 0 Å². The summed E-state index contributed by atoms with van der Waals surface area (Å²) in [5, 5.41) is 5.12. The Morgan fingerprint density at radius 2 is 1.76 bits per heavy atom. The molecule has 6 heteroatoms. The lowest BCUT2D eigenvalue weighted by Gasteiger charge is -2.20. The second-order valence-electron chi connectivity index (χ2n) is 4.70. The van der Waals surface area contributed by atoms with Crippen LogP contribution in [0.4, 0.5) is 0 Å².